The van der Waals surface area contributed by atoms with Crippen LogP contribution in [0, 0.1) is 32.5 Å². The third-order valence-corrected chi connectivity index (χ3v) is 7.34. The van der Waals surface area contributed by atoms with E-state index in [9.17, 15) is 30.6 Å². The smallest absolute Gasteiger partial charge is 0.0613 e. The molecule has 0 saturated heterocycles. The van der Waals surface area contributed by atoms with Crippen LogP contribution in [0.4, 0.5) is 0 Å². The predicted molar refractivity (Wildman–Crippen MR) is 172 cm³/mol. The average Bonchev–Trinajstić information content (AvgIpc) is 2.64. The maximum absolute atomic E-state index is 9.76. The zero-order valence-corrected chi connectivity index (χ0v) is 33.1. The van der Waals surface area contributed by atoms with E-state index in [1.807, 2.05) is 125 Å². The molecule has 0 bridgehead atoms. The summed E-state index contributed by atoms with van der Waals surface area (Å²) in [6, 6.07) is 0. The molecule has 3 radical (unpaired) electrons. The Hall–Kier alpha value is 0.630. The van der Waals surface area contributed by atoms with Gasteiger partial charge in [0.15, 0.2) is 0 Å². The zero-order valence-electron chi connectivity index (χ0n) is 29.8. The molecule has 0 aliphatic carbocycles. The van der Waals surface area contributed by atoms with Gasteiger partial charge in [-0.3, -0.25) is 0 Å². The minimum Gasteiger partial charge on any atom is -0.392 e. The summed E-state index contributed by atoms with van der Waals surface area (Å²) in [5.74, 6) is 0. The van der Waals surface area contributed by atoms with E-state index >= 15 is 0 Å². The number of aliphatic hydroxyl groups is 6. The molecule has 0 fully saturated rings. The summed E-state index contributed by atoms with van der Waals surface area (Å²) in [5.41, 5.74) is -0.880. The van der Waals surface area contributed by atoms with E-state index in [0.29, 0.717) is 19.3 Å². The third kappa shape index (κ3) is 23.1. The molecular weight excluding hydrogens is 607 g/mol. The van der Waals surface area contributed by atoms with Crippen LogP contribution in [0.5, 0.6) is 0 Å². The Bertz CT molecular complexity index is 494. The second-order valence-corrected chi connectivity index (χ2v) is 18.0. The van der Waals surface area contributed by atoms with Gasteiger partial charge in [0.2, 0.25) is 0 Å². The van der Waals surface area contributed by atoms with Gasteiger partial charge in [-0.1, -0.05) is 125 Å². The number of hydrogen-bond donors (Lipinski definition) is 6. The Morgan fingerprint density at radius 3 is 0.400 bits per heavy atom. The SMILES string of the molecule is CC(C)(C)C(O)CC(O)C(C)(C)C.CC(C)(C)C(O)CC(O)C(C)(C)C.CC(C)(C)C(O)CC(O)C(C)(C)C.[In]. The van der Waals surface area contributed by atoms with Crippen molar-refractivity contribution in [1.82, 2.24) is 0 Å². The number of rotatable bonds is 6. The molecule has 6 nitrogen and oxygen atoms in total. The Morgan fingerprint density at radius 2 is 0.350 bits per heavy atom. The van der Waals surface area contributed by atoms with Crippen molar-refractivity contribution in [3.8, 4) is 0 Å². The van der Waals surface area contributed by atoms with E-state index in [0.717, 1.165) is 0 Å². The quantitative estimate of drug-likeness (QED) is 0.199. The van der Waals surface area contributed by atoms with Gasteiger partial charge in [0.1, 0.15) is 0 Å². The predicted octanol–water partition coefficient (Wildman–Crippen LogP) is 6.19. The van der Waals surface area contributed by atoms with Gasteiger partial charge in [-0.2, -0.15) is 0 Å². The summed E-state index contributed by atoms with van der Waals surface area (Å²) in [5, 5.41) is 58.6. The average molecular weight is 680 g/mol. The maximum atomic E-state index is 9.76. The first-order chi connectivity index (χ1) is 16.6. The van der Waals surface area contributed by atoms with E-state index in [1.165, 1.54) is 0 Å². The largest absolute Gasteiger partial charge is 0.392 e. The fraction of sp³-hybridized carbons (Fsp3) is 1.00. The normalized spacial score (nSPS) is 18.0. The Morgan fingerprint density at radius 1 is 0.275 bits per heavy atom. The molecule has 6 N–H and O–H groups in total. The van der Waals surface area contributed by atoms with E-state index in [2.05, 4.69) is 0 Å². The second kappa shape index (κ2) is 17.8. The summed E-state index contributed by atoms with van der Waals surface area (Å²) in [6.45, 7) is 35.6. The van der Waals surface area contributed by atoms with Crippen molar-refractivity contribution < 1.29 is 30.6 Å². The van der Waals surface area contributed by atoms with E-state index in [4.69, 9.17) is 0 Å². The summed E-state index contributed by atoms with van der Waals surface area (Å²) >= 11 is 0. The molecule has 0 amide bonds. The molecule has 0 saturated carbocycles. The van der Waals surface area contributed by atoms with Gasteiger partial charge in [-0.05, 0) is 32.5 Å². The number of hydrogen-bond acceptors (Lipinski definition) is 6. The van der Waals surface area contributed by atoms with Gasteiger partial charge in [0.05, 0.1) is 36.6 Å². The van der Waals surface area contributed by atoms with E-state index in [1.54, 1.807) is 0 Å². The fourth-order valence-electron chi connectivity index (χ4n) is 2.76. The molecule has 7 heteroatoms. The monoisotopic (exact) mass is 679 g/mol. The Labute approximate surface area is 268 Å². The summed E-state index contributed by atoms with van der Waals surface area (Å²) in [7, 11) is 0. The minimum atomic E-state index is -0.443. The first kappa shape index (κ1) is 47.6. The Kier molecular flexibility index (Phi) is 21.2. The molecular formula is C33H72InO6. The van der Waals surface area contributed by atoms with Crippen LogP contribution in [0.1, 0.15) is 144 Å². The fourth-order valence-corrected chi connectivity index (χ4v) is 2.76. The van der Waals surface area contributed by atoms with Crippen molar-refractivity contribution in [2.45, 2.75) is 181 Å². The van der Waals surface area contributed by atoms with Crippen molar-refractivity contribution in [1.29, 1.82) is 0 Å². The molecule has 0 rings (SSSR count). The summed E-state index contributed by atoms with van der Waals surface area (Å²) in [4.78, 5) is 0. The summed E-state index contributed by atoms with van der Waals surface area (Å²) in [6.07, 6.45) is -1.30. The topological polar surface area (TPSA) is 121 Å². The zero-order chi connectivity index (χ0) is 32.6. The van der Waals surface area contributed by atoms with Crippen LogP contribution < -0.4 is 0 Å². The molecule has 0 spiro atoms. The molecule has 0 heterocycles. The van der Waals surface area contributed by atoms with Crippen molar-refractivity contribution >= 4 is 25.8 Å². The van der Waals surface area contributed by atoms with Crippen molar-refractivity contribution in [2.75, 3.05) is 0 Å². The van der Waals surface area contributed by atoms with Gasteiger partial charge in [-0.15, -0.1) is 0 Å². The van der Waals surface area contributed by atoms with Gasteiger partial charge < -0.3 is 30.6 Å². The van der Waals surface area contributed by atoms with Gasteiger partial charge >= 0.3 is 0 Å². The van der Waals surface area contributed by atoms with Gasteiger partial charge in [0, 0.05) is 45.1 Å². The first-order valence-corrected chi connectivity index (χ1v) is 14.7. The molecule has 6 unspecified atom stereocenters. The molecule has 0 aromatic heterocycles. The number of aliphatic hydroxyl groups excluding tert-OH is 6. The van der Waals surface area contributed by atoms with Gasteiger partial charge in [-0.25, -0.2) is 0 Å². The van der Waals surface area contributed by atoms with Crippen LogP contribution in [0.25, 0.3) is 0 Å². The Balaban J connectivity index is -0.000000240. The van der Waals surface area contributed by atoms with E-state index < -0.39 is 36.6 Å². The van der Waals surface area contributed by atoms with Crippen LogP contribution in [-0.4, -0.2) is 93.1 Å². The molecule has 40 heavy (non-hydrogen) atoms. The second-order valence-electron chi connectivity index (χ2n) is 18.0. The molecule has 6 atom stereocenters. The standard InChI is InChI=1S/3C11H24O2.In/c3*1-10(2,3)8(12)7-9(13)11(4,5)6;/h3*8-9,12-13H,7H2,1-6H3;. The van der Waals surface area contributed by atoms with E-state index in [-0.39, 0.29) is 58.3 Å². The molecule has 0 aromatic carbocycles. The van der Waals surface area contributed by atoms with Crippen LogP contribution in [0.15, 0.2) is 0 Å². The van der Waals surface area contributed by atoms with Crippen molar-refractivity contribution in [2.24, 2.45) is 32.5 Å². The molecule has 0 aliphatic heterocycles. The first-order valence-electron chi connectivity index (χ1n) is 14.7. The molecule has 0 aliphatic rings. The third-order valence-electron chi connectivity index (χ3n) is 7.34. The van der Waals surface area contributed by atoms with Crippen molar-refractivity contribution in [3.05, 3.63) is 0 Å². The molecule has 243 valence electrons. The summed E-state index contributed by atoms with van der Waals surface area (Å²) < 4.78 is 0. The minimum absolute atomic E-state index is 0. The van der Waals surface area contributed by atoms with Crippen LogP contribution >= 0.6 is 0 Å². The van der Waals surface area contributed by atoms with Crippen LogP contribution in [0.3, 0.4) is 0 Å². The van der Waals surface area contributed by atoms with Gasteiger partial charge in [0.25, 0.3) is 0 Å². The van der Waals surface area contributed by atoms with Crippen molar-refractivity contribution in [3.63, 3.8) is 0 Å². The van der Waals surface area contributed by atoms with Crippen LogP contribution in [-0.2, 0) is 0 Å². The molecule has 0 aromatic rings. The maximum Gasteiger partial charge on any atom is 0.0613 e. The van der Waals surface area contributed by atoms with Crippen LogP contribution in [0.2, 0.25) is 0 Å².